The minimum absolute atomic E-state index is 0.0870. The van der Waals surface area contributed by atoms with Gasteiger partial charge in [-0.15, -0.1) is 0 Å². The molecule has 1 saturated carbocycles. The number of nitrogens with two attached hydrogens (primary N) is 1. The van der Waals surface area contributed by atoms with E-state index < -0.39 is 0 Å². The van der Waals surface area contributed by atoms with E-state index in [-0.39, 0.29) is 5.54 Å². The van der Waals surface area contributed by atoms with Crippen molar-refractivity contribution in [3.05, 3.63) is 34.9 Å². The summed E-state index contributed by atoms with van der Waals surface area (Å²) < 4.78 is 0. The summed E-state index contributed by atoms with van der Waals surface area (Å²) in [5, 5.41) is 0. The average Bonchev–Trinajstić information content (AvgIpc) is 2.31. The van der Waals surface area contributed by atoms with Crippen molar-refractivity contribution < 1.29 is 0 Å². The van der Waals surface area contributed by atoms with E-state index in [1.165, 1.54) is 36.0 Å². The van der Waals surface area contributed by atoms with Gasteiger partial charge in [-0.3, -0.25) is 0 Å². The van der Waals surface area contributed by atoms with Gasteiger partial charge in [-0.1, -0.05) is 44.9 Å². The zero-order valence-electron chi connectivity index (χ0n) is 13.0. The third-order valence-electron chi connectivity index (χ3n) is 4.77. The molecule has 0 aliphatic heterocycles. The van der Waals surface area contributed by atoms with Crippen LogP contribution in [0.25, 0.3) is 0 Å². The summed E-state index contributed by atoms with van der Waals surface area (Å²) in [6.45, 7) is 9.01. The molecule has 0 heterocycles. The Morgan fingerprint density at radius 1 is 1.26 bits per heavy atom. The maximum atomic E-state index is 6.77. The Labute approximate surface area is 118 Å². The van der Waals surface area contributed by atoms with Crippen LogP contribution in [0.1, 0.15) is 62.6 Å². The van der Waals surface area contributed by atoms with E-state index in [0.29, 0.717) is 0 Å². The van der Waals surface area contributed by atoms with Crippen LogP contribution in [0.2, 0.25) is 0 Å². The lowest BCUT2D eigenvalue weighted by atomic mass is 9.70. The van der Waals surface area contributed by atoms with E-state index in [1.54, 1.807) is 0 Å². The van der Waals surface area contributed by atoms with Crippen LogP contribution in [0, 0.1) is 25.7 Å². The van der Waals surface area contributed by atoms with Gasteiger partial charge in [0.15, 0.2) is 0 Å². The van der Waals surface area contributed by atoms with Crippen molar-refractivity contribution in [2.45, 2.75) is 65.3 Å². The van der Waals surface area contributed by atoms with E-state index >= 15 is 0 Å². The van der Waals surface area contributed by atoms with Crippen molar-refractivity contribution in [1.82, 2.24) is 0 Å². The zero-order chi connectivity index (χ0) is 14.0. The maximum Gasteiger partial charge on any atom is 0.0412 e. The van der Waals surface area contributed by atoms with Crippen LogP contribution in [0.5, 0.6) is 0 Å². The third-order valence-corrected chi connectivity index (χ3v) is 4.77. The lowest BCUT2D eigenvalue weighted by molar-refractivity contribution is 0.202. The summed E-state index contributed by atoms with van der Waals surface area (Å²) >= 11 is 0. The Balaban J connectivity index is 2.18. The van der Waals surface area contributed by atoms with Gasteiger partial charge in [0, 0.05) is 5.54 Å². The van der Waals surface area contributed by atoms with Crippen LogP contribution in [0.3, 0.4) is 0 Å². The summed E-state index contributed by atoms with van der Waals surface area (Å²) in [4.78, 5) is 0. The number of benzene rings is 1. The molecule has 0 saturated heterocycles. The van der Waals surface area contributed by atoms with Crippen LogP contribution in [-0.2, 0) is 5.54 Å². The van der Waals surface area contributed by atoms with Crippen LogP contribution in [-0.4, -0.2) is 0 Å². The molecule has 2 unspecified atom stereocenters. The normalized spacial score (nSPS) is 27.8. The molecule has 1 aliphatic rings. The molecule has 106 valence electrons. The van der Waals surface area contributed by atoms with Crippen LogP contribution in [0.4, 0.5) is 0 Å². The molecule has 2 rings (SSSR count). The smallest absolute Gasteiger partial charge is 0.0412 e. The molecule has 0 bridgehead atoms. The van der Waals surface area contributed by atoms with E-state index in [0.717, 1.165) is 24.7 Å². The largest absolute Gasteiger partial charge is 0.321 e. The topological polar surface area (TPSA) is 26.0 Å². The molecule has 1 aromatic rings. The molecule has 1 fully saturated rings. The summed E-state index contributed by atoms with van der Waals surface area (Å²) in [5.74, 6) is 1.59. The summed E-state index contributed by atoms with van der Waals surface area (Å²) in [6, 6.07) is 6.79. The zero-order valence-corrected chi connectivity index (χ0v) is 13.0. The highest BCUT2D eigenvalue weighted by atomic mass is 14.8. The second-order valence-electron chi connectivity index (χ2n) is 7.05. The minimum Gasteiger partial charge on any atom is -0.321 e. The molecule has 2 N–H and O–H groups in total. The number of hydrogen-bond acceptors (Lipinski definition) is 1. The molecule has 1 aromatic carbocycles. The first-order chi connectivity index (χ1) is 8.90. The van der Waals surface area contributed by atoms with Gasteiger partial charge in [0.1, 0.15) is 0 Å². The monoisotopic (exact) mass is 259 g/mol. The minimum atomic E-state index is -0.0870. The van der Waals surface area contributed by atoms with E-state index in [1.807, 2.05) is 0 Å². The molecule has 0 amide bonds. The van der Waals surface area contributed by atoms with Crippen LogP contribution < -0.4 is 5.73 Å². The van der Waals surface area contributed by atoms with Crippen molar-refractivity contribution in [3.63, 3.8) is 0 Å². The molecule has 0 radical (unpaired) electrons. The lowest BCUT2D eigenvalue weighted by Crippen LogP contribution is -2.41. The number of hydrogen-bond donors (Lipinski definition) is 1. The van der Waals surface area contributed by atoms with E-state index in [2.05, 4.69) is 45.9 Å². The van der Waals surface area contributed by atoms with Gasteiger partial charge in [0.25, 0.3) is 0 Å². The molecule has 1 nitrogen and oxygen atoms in total. The third kappa shape index (κ3) is 3.39. The fourth-order valence-corrected chi connectivity index (χ4v) is 3.61. The van der Waals surface area contributed by atoms with Gasteiger partial charge < -0.3 is 5.73 Å². The first-order valence-electron chi connectivity index (χ1n) is 7.77. The highest BCUT2D eigenvalue weighted by Gasteiger charge is 2.34. The van der Waals surface area contributed by atoms with Gasteiger partial charge in [0.2, 0.25) is 0 Å². The van der Waals surface area contributed by atoms with Crippen molar-refractivity contribution in [2.75, 3.05) is 0 Å². The van der Waals surface area contributed by atoms with Crippen LogP contribution in [0.15, 0.2) is 18.2 Å². The number of rotatable bonds is 3. The first-order valence-corrected chi connectivity index (χ1v) is 7.77. The Morgan fingerprint density at radius 3 is 2.63 bits per heavy atom. The summed E-state index contributed by atoms with van der Waals surface area (Å²) in [5.41, 5.74) is 10.8. The van der Waals surface area contributed by atoms with Gasteiger partial charge >= 0.3 is 0 Å². The fraction of sp³-hybridized carbons (Fsp3) is 0.667. The molecular formula is C18H29N. The predicted molar refractivity (Wildman–Crippen MR) is 83.2 cm³/mol. The highest BCUT2D eigenvalue weighted by Crippen LogP contribution is 2.40. The van der Waals surface area contributed by atoms with Gasteiger partial charge in [-0.25, -0.2) is 0 Å². The first kappa shape index (κ1) is 14.6. The quantitative estimate of drug-likeness (QED) is 0.837. The molecular weight excluding hydrogens is 230 g/mol. The van der Waals surface area contributed by atoms with E-state index in [9.17, 15) is 0 Å². The second kappa shape index (κ2) is 5.66. The lowest BCUT2D eigenvalue weighted by Gasteiger charge is -2.39. The Morgan fingerprint density at radius 2 is 2.00 bits per heavy atom. The molecule has 19 heavy (non-hydrogen) atoms. The SMILES string of the molecule is Cc1ccc(C2(N)CCCC(CC(C)C)C2)cc1C. The second-order valence-corrected chi connectivity index (χ2v) is 7.05. The Hall–Kier alpha value is -0.820. The Kier molecular flexibility index (Phi) is 4.35. The molecule has 1 aliphatic carbocycles. The molecule has 0 spiro atoms. The van der Waals surface area contributed by atoms with Gasteiger partial charge in [0.05, 0.1) is 0 Å². The van der Waals surface area contributed by atoms with Gasteiger partial charge in [-0.05, 0) is 61.6 Å². The Bertz CT molecular complexity index is 435. The van der Waals surface area contributed by atoms with Crippen molar-refractivity contribution in [1.29, 1.82) is 0 Å². The summed E-state index contributed by atoms with van der Waals surface area (Å²) in [7, 11) is 0. The van der Waals surface area contributed by atoms with Gasteiger partial charge in [-0.2, -0.15) is 0 Å². The highest BCUT2D eigenvalue weighted by molar-refractivity contribution is 5.34. The molecule has 0 aromatic heterocycles. The molecule has 1 heteroatoms. The van der Waals surface area contributed by atoms with Crippen molar-refractivity contribution in [2.24, 2.45) is 17.6 Å². The van der Waals surface area contributed by atoms with Crippen molar-refractivity contribution in [3.8, 4) is 0 Å². The summed E-state index contributed by atoms with van der Waals surface area (Å²) in [6.07, 6.45) is 6.27. The predicted octanol–water partition coefficient (Wildman–Crippen LogP) is 4.69. The fourth-order valence-electron chi connectivity index (χ4n) is 3.61. The number of aryl methyl sites for hydroxylation is 2. The van der Waals surface area contributed by atoms with E-state index in [4.69, 9.17) is 5.73 Å². The maximum absolute atomic E-state index is 6.77. The average molecular weight is 259 g/mol. The van der Waals surface area contributed by atoms with Crippen molar-refractivity contribution >= 4 is 0 Å². The molecule has 2 atom stereocenters. The standard InChI is InChI=1S/C18H29N/c1-13(2)10-16-6-5-9-18(19,12-16)17-8-7-14(3)15(4)11-17/h7-8,11,13,16H,5-6,9-10,12,19H2,1-4H3. The van der Waals surface area contributed by atoms with Crippen LogP contribution >= 0.6 is 0 Å².